The number of thiocarbonyl (C=S) groups is 1. The highest BCUT2D eigenvalue weighted by atomic mass is 32.1. The van der Waals surface area contributed by atoms with Crippen LogP contribution >= 0.6 is 12.2 Å². The van der Waals surface area contributed by atoms with Gasteiger partial charge in [-0.25, -0.2) is 0 Å². The highest BCUT2D eigenvalue weighted by molar-refractivity contribution is 7.80. The van der Waals surface area contributed by atoms with Crippen LogP contribution in [0, 0.1) is 0 Å². The third-order valence-corrected chi connectivity index (χ3v) is 5.05. The van der Waals surface area contributed by atoms with Gasteiger partial charge in [-0.3, -0.25) is 4.90 Å². The maximum Gasteiger partial charge on any atom is 0.166 e. The molecule has 2 aromatic rings. The van der Waals surface area contributed by atoms with Crippen LogP contribution in [-0.2, 0) is 19.6 Å². The second-order valence-corrected chi connectivity index (χ2v) is 7.04. The number of rotatable bonds is 7. The van der Waals surface area contributed by atoms with E-state index in [9.17, 15) is 0 Å². The van der Waals surface area contributed by atoms with E-state index in [4.69, 9.17) is 17.0 Å². The summed E-state index contributed by atoms with van der Waals surface area (Å²) in [5.41, 5.74) is 3.87. The number of hydrogen-bond donors (Lipinski definition) is 2. The quantitative estimate of drug-likeness (QED) is 0.731. The van der Waals surface area contributed by atoms with Crippen molar-refractivity contribution in [3.63, 3.8) is 0 Å². The zero-order valence-corrected chi connectivity index (χ0v) is 16.1. The third-order valence-electron chi connectivity index (χ3n) is 4.76. The van der Waals surface area contributed by atoms with Crippen LogP contribution in [0.25, 0.3) is 0 Å². The molecule has 1 fully saturated rings. The van der Waals surface area contributed by atoms with Gasteiger partial charge >= 0.3 is 0 Å². The van der Waals surface area contributed by atoms with Gasteiger partial charge in [0.1, 0.15) is 5.75 Å². The average molecular weight is 370 g/mol. The van der Waals surface area contributed by atoms with Gasteiger partial charge in [-0.1, -0.05) is 36.4 Å². The van der Waals surface area contributed by atoms with Crippen molar-refractivity contribution >= 4 is 17.3 Å². The van der Waals surface area contributed by atoms with Gasteiger partial charge in [-0.05, 0) is 67.0 Å². The number of methoxy groups -OCH3 is 1. The predicted octanol–water partition coefficient (Wildman–Crippen LogP) is 3.46. The average Bonchev–Trinajstić information content (AvgIpc) is 3.19. The number of nitrogens with zero attached hydrogens (tertiary/aromatic N) is 1. The first-order valence-corrected chi connectivity index (χ1v) is 9.59. The van der Waals surface area contributed by atoms with Crippen LogP contribution in [0.5, 0.6) is 5.75 Å². The molecule has 0 aromatic heterocycles. The Kier molecular flexibility index (Phi) is 6.86. The molecule has 0 aliphatic carbocycles. The lowest BCUT2D eigenvalue weighted by atomic mass is 10.1. The van der Waals surface area contributed by atoms with E-state index < -0.39 is 0 Å². The van der Waals surface area contributed by atoms with Crippen molar-refractivity contribution in [2.45, 2.75) is 32.5 Å². The molecular weight excluding hydrogens is 342 g/mol. The number of likely N-dealkylation sites (tertiary alicyclic amines) is 1. The normalized spacial score (nSPS) is 14.2. The lowest BCUT2D eigenvalue weighted by Gasteiger charge is -2.18. The van der Waals surface area contributed by atoms with Crippen LogP contribution in [0.4, 0.5) is 0 Å². The van der Waals surface area contributed by atoms with Gasteiger partial charge in [0.25, 0.3) is 0 Å². The van der Waals surface area contributed by atoms with E-state index in [-0.39, 0.29) is 0 Å². The first-order chi connectivity index (χ1) is 12.7. The molecule has 2 N–H and O–H groups in total. The minimum Gasteiger partial charge on any atom is -0.497 e. The maximum atomic E-state index is 5.43. The number of hydrogen-bond acceptors (Lipinski definition) is 3. The van der Waals surface area contributed by atoms with E-state index >= 15 is 0 Å². The summed E-state index contributed by atoms with van der Waals surface area (Å²) >= 11 is 5.43. The van der Waals surface area contributed by atoms with Crippen LogP contribution in [0.15, 0.2) is 48.5 Å². The van der Waals surface area contributed by atoms with Crippen molar-refractivity contribution in [3.8, 4) is 5.75 Å². The van der Waals surface area contributed by atoms with Crippen molar-refractivity contribution in [1.29, 1.82) is 0 Å². The maximum absolute atomic E-state index is 5.43. The van der Waals surface area contributed by atoms with Crippen LogP contribution < -0.4 is 15.4 Å². The van der Waals surface area contributed by atoms with Crippen LogP contribution in [0.3, 0.4) is 0 Å². The van der Waals surface area contributed by atoms with E-state index in [1.54, 1.807) is 7.11 Å². The van der Waals surface area contributed by atoms with Gasteiger partial charge in [0.15, 0.2) is 5.11 Å². The second kappa shape index (κ2) is 9.55. The van der Waals surface area contributed by atoms with Crippen LogP contribution in [0.2, 0.25) is 0 Å². The topological polar surface area (TPSA) is 36.5 Å². The number of ether oxygens (including phenoxy) is 1. The molecule has 5 heteroatoms. The Hall–Kier alpha value is -2.11. The zero-order valence-electron chi connectivity index (χ0n) is 15.3. The summed E-state index contributed by atoms with van der Waals surface area (Å²) in [5, 5.41) is 7.28. The molecule has 1 aliphatic rings. The SMILES string of the molecule is COc1ccc(CNC(=S)NCc2ccccc2CN2CCCC2)cc1. The van der Waals surface area contributed by atoms with Gasteiger partial charge in [0.2, 0.25) is 0 Å². The summed E-state index contributed by atoms with van der Waals surface area (Å²) in [6.45, 7) is 4.90. The molecule has 0 radical (unpaired) electrons. The molecule has 2 aromatic carbocycles. The fraction of sp³-hybridized carbons (Fsp3) is 0.381. The third kappa shape index (κ3) is 5.44. The van der Waals surface area contributed by atoms with E-state index in [1.165, 1.54) is 42.6 Å². The Balaban J connectivity index is 1.47. The van der Waals surface area contributed by atoms with Gasteiger partial charge in [0, 0.05) is 19.6 Å². The van der Waals surface area contributed by atoms with Crippen LogP contribution in [0.1, 0.15) is 29.5 Å². The summed E-state index contributed by atoms with van der Waals surface area (Å²) in [5.74, 6) is 0.865. The zero-order chi connectivity index (χ0) is 18.2. The molecule has 138 valence electrons. The lowest BCUT2D eigenvalue weighted by Crippen LogP contribution is -2.34. The summed E-state index contributed by atoms with van der Waals surface area (Å²) in [7, 11) is 1.67. The lowest BCUT2D eigenvalue weighted by molar-refractivity contribution is 0.330. The molecule has 0 atom stereocenters. The first kappa shape index (κ1) is 18.7. The molecule has 4 nitrogen and oxygen atoms in total. The van der Waals surface area contributed by atoms with Crippen LogP contribution in [-0.4, -0.2) is 30.2 Å². The predicted molar refractivity (Wildman–Crippen MR) is 110 cm³/mol. The summed E-state index contributed by atoms with van der Waals surface area (Å²) in [4.78, 5) is 2.53. The Morgan fingerprint density at radius 3 is 2.31 bits per heavy atom. The minimum atomic E-state index is 0.678. The highest BCUT2D eigenvalue weighted by Crippen LogP contribution is 2.16. The summed E-state index contributed by atoms with van der Waals surface area (Å²) in [6, 6.07) is 16.6. The molecule has 3 rings (SSSR count). The van der Waals surface area contributed by atoms with E-state index in [0.29, 0.717) is 11.7 Å². The smallest absolute Gasteiger partial charge is 0.166 e. The second-order valence-electron chi connectivity index (χ2n) is 6.64. The van der Waals surface area contributed by atoms with E-state index in [2.05, 4.69) is 39.8 Å². The molecule has 1 saturated heterocycles. The van der Waals surface area contributed by atoms with Gasteiger partial charge in [0.05, 0.1) is 7.11 Å². The van der Waals surface area contributed by atoms with Gasteiger partial charge < -0.3 is 15.4 Å². The van der Waals surface area contributed by atoms with Gasteiger partial charge in [-0.15, -0.1) is 0 Å². The van der Waals surface area contributed by atoms with Crippen molar-refractivity contribution in [2.75, 3.05) is 20.2 Å². The van der Waals surface area contributed by atoms with Crippen molar-refractivity contribution < 1.29 is 4.74 Å². The molecule has 0 amide bonds. The van der Waals surface area contributed by atoms with Crippen molar-refractivity contribution in [1.82, 2.24) is 15.5 Å². The molecule has 1 aliphatic heterocycles. The fourth-order valence-corrected chi connectivity index (χ4v) is 3.37. The Bertz CT molecular complexity index is 711. The first-order valence-electron chi connectivity index (χ1n) is 9.18. The Morgan fingerprint density at radius 1 is 0.962 bits per heavy atom. The number of nitrogens with one attached hydrogen (secondary N) is 2. The Labute approximate surface area is 161 Å². The van der Waals surface area contributed by atoms with E-state index in [0.717, 1.165) is 18.8 Å². The molecule has 26 heavy (non-hydrogen) atoms. The number of benzene rings is 2. The fourth-order valence-electron chi connectivity index (χ4n) is 3.23. The van der Waals surface area contributed by atoms with E-state index in [1.807, 2.05) is 24.3 Å². The summed E-state index contributed by atoms with van der Waals surface area (Å²) < 4.78 is 5.18. The molecular formula is C21H27N3OS. The Morgan fingerprint density at radius 2 is 1.62 bits per heavy atom. The minimum absolute atomic E-state index is 0.678. The molecule has 0 saturated carbocycles. The monoisotopic (exact) mass is 369 g/mol. The molecule has 1 heterocycles. The van der Waals surface area contributed by atoms with Gasteiger partial charge in [-0.2, -0.15) is 0 Å². The standard InChI is InChI=1S/C21H27N3OS/c1-25-20-10-8-17(9-11-20)14-22-21(26)23-15-18-6-2-3-7-19(18)16-24-12-4-5-13-24/h2-3,6-11H,4-5,12-16H2,1H3,(H2,22,23,26). The summed E-state index contributed by atoms with van der Waals surface area (Å²) in [6.07, 6.45) is 2.64. The largest absolute Gasteiger partial charge is 0.497 e. The molecule has 0 spiro atoms. The molecule has 0 unspecified atom stereocenters. The van der Waals surface area contributed by atoms with Crippen molar-refractivity contribution in [2.24, 2.45) is 0 Å². The molecule has 0 bridgehead atoms. The highest BCUT2D eigenvalue weighted by Gasteiger charge is 2.13. The van der Waals surface area contributed by atoms with Crippen molar-refractivity contribution in [3.05, 3.63) is 65.2 Å².